The van der Waals surface area contributed by atoms with E-state index in [9.17, 15) is 4.79 Å². The summed E-state index contributed by atoms with van der Waals surface area (Å²) in [6.45, 7) is 0.904. The van der Waals surface area contributed by atoms with Crippen LogP contribution < -0.4 is 4.74 Å². The second-order valence-electron chi connectivity index (χ2n) is 7.58. The van der Waals surface area contributed by atoms with Crippen LogP contribution in [0.15, 0.2) is 28.8 Å². The molecular formula is C21H27N3O3. The average Bonchev–Trinajstić information content (AvgIpc) is 3.20. The molecular weight excluding hydrogens is 342 g/mol. The van der Waals surface area contributed by atoms with Crippen molar-refractivity contribution in [3.63, 3.8) is 0 Å². The van der Waals surface area contributed by atoms with Crippen LogP contribution in [0.1, 0.15) is 50.8 Å². The third-order valence-electron chi connectivity index (χ3n) is 5.93. The Labute approximate surface area is 159 Å². The van der Waals surface area contributed by atoms with Crippen LogP contribution in [0.5, 0.6) is 5.75 Å². The number of piperidine rings is 1. The van der Waals surface area contributed by atoms with E-state index in [-0.39, 0.29) is 5.91 Å². The summed E-state index contributed by atoms with van der Waals surface area (Å²) in [7, 11) is 1.64. The Morgan fingerprint density at radius 2 is 1.96 bits per heavy atom. The van der Waals surface area contributed by atoms with E-state index >= 15 is 0 Å². The van der Waals surface area contributed by atoms with Crippen molar-refractivity contribution in [1.82, 2.24) is 15.0 Å². The van der Waals surface area contributed by atoms with Crippen LogP contribution in [0.3, 0.4) is 0 Å². The molecule has 1 amide bonds. The molecule has 0 radical (unpaired) electrons. The van der Waals surface area contributed by atoms with Gasteiger partial charge in [0.1, 0.15) is 5.75 Å². The van der Waals surface area contributed by atoms with Crippen molar-refractivity contribution in [3.8, 4) is 17.1 Å². The van der Waals surface area contributed by atoms with Gasteiger partial charge in [-0.05, 0) is 55.9 Å². The van der Waals surface area contributed by atoms with Gasteiger partial charge in [0.15, 0.2) is 0 Å². The minimum absolute atomic E-state index is 0.232. The number of fused-ring (bicyclic) bond motifs is 1. The monoisotopic (exact) mass is 369 g/mol. The SMILES string of the molecule is COc1ccc(-c2noc(CCC(=O)N3CCCC4CCCCC43)n2)cc1. The van der Waals surface area contributed by atoms with E-state index in [4.69, 9.17) is 9.26 Å². The molecule has 1 aromatic heterocycles. The van der Waals surface area contributed by atoms with Crippen molar-refractivity contribution in [3.05, 3.63) is 30.2 Å². The fraction of sp³-hybridized carbons (Fsp3) is 0.571. The number of rotatable bonds is 5. The summed E-state index contributed by atoms with van der Waals surface area (Å²) in [5, 5.41) is 4.05. The summed E-state index contributed by atoms with van der Waals surface area (Å²) >= 11 is 0. The number of likely N-dealkylation sites (tertiary alicyclic amines) is 1. The molecule has 2 aliphatic rings. The predicted molar refractivity (Wildman–Crippen MR) is 101 cm³/mol. The summed E-state index contributed by atoms with van der Waals surface area (Å²) < 4.78 is 10.5. The minimum Gasteiger partial charge on any atom is -0.497 e. The minimum atomic E-state index is 0.232. The summed E-state index contributed by atoms with van der Waals surface area (Å²) in [5.74, 6) is 2.80. The first-order chi connectivity index (χ1) is 13.2. The summed E-state index contributed by atoms with van der Waals surface area (Å²) in [5.41, 5.74) is 0.873. The van der Waals surface area contributed by atoms with Gasteiger partial charge in [0.2, 0.25) is 17.6 Å². The lowest BCUT2D eigenvalue weighted by atomic mass is 9.78. The number of carbonyl (C=O) groups excluding carboxylic acids is 1. The first kappa shape index (κ1) is 18.0. The van der Waals surface area contributed by atoms with E-state index < -0.39 is 0 Å². The zero-order chi connectivity index (χ0) is 18.6. The lowest BCUT2D eigenvalue weighted by Gasteiger charge is -2.44. The molecule has 0 spiro atoms. The van der Waals surface area contributed by atoms with Crippen molar-refractivity contribution < 1.29 is 14.1 Å². The Morgan fingerprint density at radius 3 is 2.78 bits per heavy atom. The molecule has 2 fully saturated rings. The first-order valence-electron chi connectivity index (χ1n) is 10.0. The molecule has 144 valence electrons. The smallest absolute Gasteiger partial charge is 0.227 e. The zero-order valence-electron chi connectivity index (χ0n) is 15.9. The molecule has 1 aliphatic carbocycles. The molecule has 1 aromatic carbocycles. The van der Waals surface area contributed by atoms with Crippen LogP contribution in [-0.2, 0) is 11.2 Å². The number of hydrogen-bond donors (Lipinski definition) is 0. The number of benzene rings is 1. The molecule has 4 rings (SSSR count). The summed E-state index contributed by atoms with van der Waals surface area (Å²) in [4.78, 5) is 19.4. The average molecular weight is 369 g/mol. The van der Waals surface area contributed by atoms with Crippen LogP contribution in [0, 0.1) is 5.92 Å². The van der Waals surface area contributed by atoms with E-state index in [1.165, 1.54) is 32.1 Å². The quantitative estimate of drug-likeness (QED) is 0.800. The lowest BCUT2D eigenvalue weighted by Crippen LogP contribution is -2.49. The number of carbonyl (C=O) groups is 1. The number of methoxy groups -OCH3 is 1. The van der Waals surface area contributed by atoms with Crippen LogP contribution in [0.2, 0.25) is 0 Å². The summed E-state index contributed by atoms with van der Waals surface area (Å²) in [6.07, 6.45) is 8.36. The van der Waals surface area contributed by atoms with Gasteiger partial charge in [-0.1, -0.05) is 18.0 Å². The van der Waals surface area contributed by atoms with E-state index in [0.29, 0.717) is 36.5 Å². The van der Waals surface area contributed by atoms with Gasteiger partial charge >= 0.3 is 0 Å². The highest BCUT2D eigenvalue weighted by Crippen LogP contribution is 2.35. The second-order valence-corrected chi connectivity index (χ2v) is 7.58. The van der Waals surface area contributed by atoms with Crippen molar-refractivity contribution in [1.29, 1.82) is 0 Å². The fourth-order valence-electron chi connectivity index (χ4n) is 4.51. The Morgan fingerprint density at radius 1 is 1.19 bits per heavy atom. The predicted octanol–water partition coefficient (Wildman–Crippen LogP) is 3.86. The number of aromatic nitrogens is 2. The van der Waals surface area contributed by atoms with Gasteiger partial charge in [0.25, 0.3) is 0 Å². The van der Waals surface area contributed by atoms with Gasteiger partial charge in [0.05, 0.1) is 7.11 Å². The molecule has 1 aliphatic heterocycles. The van der Waals surface area contributed by atoms with E-state index in [1.807, 2.05) is 24.3 Å². The van der Waals surface area contributed by atoms with Crippen LogP contribution in [0.25, 0.3) is 11.4 Å². The van der Waals surface area contributed by atoms with Crippen LogP contribution >= 0.6 is 0 Å². The van der Waals surface area contributed by atoms with E-state index in [0.717, 1.165) is 24.3 Å². The number of amides is 1. The highest BCUT2D eigenvalue weighted by atomic mass is 16.5. The Kier molecular flexibility index (Phi) is 5.41. The van der Waals surface area contributed by atoms with Gasteiger partial charge in [-0.2, -0.15) is 4.98 Å². The molecule has 2 atom stereocenters. The van der Waals surface area contributed by atoms with E-state index in [1.54, 1.807) is 7.11 Å². The van der Waals surface area contributed by atoms with Crippen molar-refractivity contribution >= 4 is 5.91 Å². The largest absolute Gasteiger partial charge is 0.497 e. The molecule has 1 saturated carbocycles. The summed E-state index contributed by atoms with van der Waals surface area (Å²) in [6, 6.07) is 7.99. The van der Waals surface area contributed by atoms with Crippen molar-refractivity contribution in [2.75, 3.05) is 13.7 Å². The first-order valence-corrected chi connectivity index (χ1v) is 10.0. The molecule has 2 unspecified atom stereocenters. The van der Waals surface area contributed by atoms with Crippen LogP contribution in [-0.4, -0.2) is 40.6 Å². The Balaban J connectivity index is 1.35. The third-order valence-corrected chi connectivity index (χ3v) is 5.93. The van der Waals surface area contributed by atoms with Gasteiger partial charge in [0, 0.05) is 31.0 Å². The molecule has 0 N–H and O–H groups in total. The Hall–Kier alpha value is -2.37. The van der Waals surface area contributed by atoms with Crippen molar-refractivity contribution in [2.45, 2.75) is 57.4 Å². The zero-order valence-corrected chi connectivity index (χ0v) is 15.9. The third kappa shape index (κ3) is 3.99. The van der Waals surface area contributed by atoms with Gasteiger partial charge in [-0.25, -0.2) is 0 Å². The standard InChI is InChI=1S/C21H27N3O3/c1-26-17-10-8-16(9-11-17)21-22-19(27-23-21)12-13-20(25)24-14-4-6-15-5-2-3-7-18(15)24/h8-11,15,18H,2-7,12-14H2,1H3. The lowest BCUT2D eigenvalue weighted by molar-refractivity contribution is -0.137. The van der Waals surface area contributed by atoms with Gasteiger partial charge in [-0.15, -0.1) is 0 Å². The van der Waals surface area contributed by atoms with Crippen molar-refractivity contribution in [2.24, 2.45) is 5.92 Å². The number of hydrogen-bond acceptors (Lipinski definition) is 5. The molecule has 2 aromatic rings. The number of nitrogens with zero attached hydrogens (tertiary/aromatic N) is 3. The molecule has 27 heavy (non-hydrogen) atoms. The Bertz CT molecular complexity index is 769. The van der Waals surface area contributed by atoms with Gasteiger partial charge < -0.3 is 14.2 Å². The topological polar surface area (TPSA) is 68.5 Å². The van der Waals surface area contributed by atoms with Gasteiger partial charge in [-0.3, -0.25) is 4.79 Å². The molecule has 6 heteroatoms. The maximum Gasteiger partial charge on any atom is 0.227 e. The maximum atomic E-state index is 12.8. The highest BCUT2D eigenvalue weighted by Gasteiger charge is 2.35. The molecule has 6 nitrogen and oxygen atoms in total. The fourth-order valence-corrected chi connectivity index (χ4v) is 4.51. The highest BCUT2D eigenvalue weighted by molar-refractivity contribution is 5.77. The number of aryl methyl sites for hydroxylation is 1. The molecule has 0 bridgehead atoms. The molecule has 1 saturated heterocycles. The molecule has 2 heterocycles. The normalized spacial score (nSPS) is 22.3. The second kappa shape index (κ2) is 8.11. The number of ether oxygens (including phenoxy) is 1. The van der Waals surface area contributed by atoms with Crippen LogP contribution in [0.4, 0.5) is 0 Å². The van der Waals surface area contributed by atoms with E-state index in [2.05, 4.69) is 15.0 Å². The maximum absolute atomic E-state index is 12.8.